The summed E-state index contributed by atoms with van der Waals surface area (Å²) in [6.07, 6.45) is 7.72. The molecular weight excluding hydrogens is 432 g/mol. The van der Waals surface area contributed by atoms with Crippen molar-refractivity contribution in [1.29, 1.82) is 0 Å². The number of esters is 1. The largest absolute Gasteiger partial charge is 0.539 e. The highest BCUT2D eigenvalue weighted by atomic mass is 28.4. The SMILES string of the molecule is C=C/C=C\CC(C=C)c1oc(COC(=O)c2ccccc2)cc(=O)c1O[Si](C)(C)C(C)(C)C. The van der Waals surface area contributed by atoms with Gasteiger partial charge in [0.15, 0.2) is 11.5 Å². The minimum absolute atomic E-state index is 0.104. The lowest BCUT2D eigenvalue weighted by Crippen LogP contribution is -2.45. The van der Waals surface area contributed by atoms with Crippen LogP contribution in [-0.4, -0.2) is 14.3 Å². The summed E-state index contributed by atoms with van der Waals surface area (Å²) in [5, 5.41) is -0.104. The molecule has 0 saturated heterocycles. The van der Waals surface area contributed by atoms with Gasteiger partial charge in [0.25, 0.3) is 8.32 Å². The Morgan fingerprint density at radius 3 is 2.42 bits per heavy atom. The summed E-state index contributed by atoms with van der Waals surface area (Å²) >= 11 is 0. The van der Waals surface area contributed by atoms with Crippen LogP contribution in [-0.2, 0) is 11.3 Å². The van der Waals surface area contributed by atoms with Crippen LogP contribution in [0.4, 0.5) is 0 Å². The number of carbonyl (C=O) groups is 1. The van der Waals surface area contributed by atoms with E-state index < -0.39 is 14.3 Å². The Balaban J connectivity index is 2.44. The molecule has 0 aliphatic heterocycles. The summed E-state index contributed by atoms with van der Waals surface area (Å²) in [5.74, 6) is 0.0638. The molecule has 0 saturated carbocycles. The van der Waals surface area contributed by atoms with Crippen LogP contribution in [0.25, 0.3) is 0 Å². The molecule has 1 heterocycles. The van der Waals surface area contributed by atoms with E-state index in [4.69, 9.17) is 13.6 Å². The van der Waals surface area contributed by atoms with E-state index in [1.807, 2.05) is 18.2 Å². The fourth-order valence-corrected chi connectivity index (χ4v) is 3.82. The Labute approximate surface area is 197 Å². The van der Waals surface area contributed by atoms with Crippen LogP contribution in [0, 0.1) is 0 Å². The van der Waals surface area contributed by atoms with Crippen molar-refractivity contribution in [2.24, 2.45) is 0 Å². The first kappa shape index (κ1) is 26.1. The minimum Gasteiger partial charge on any atom is -0.539 e. The number of ether oxygens (including phenoxy) is 1. The average Bonchev–Trinajstić information content (AvgIpc) is 2.76. The quantitative estimate of drug-likeness (QED) is 0.167. The third kappa shape index (κ3) is 6.93. The molecule has 176 valence electrons. The molecule has 0 spiro atoms. The molecule has 0 aliphatic rings. The van der Waals surface area contributed by atoms with Crippen molar-refractivity contribution in [1.82, 2.24) is 0 Å². The lowest BCUT2D eigenvalue weighted by molar-refractivity contribution is 0.0440. The zero-order valence-electron chi connectivity index (χ0n) is 20.2. The maximum absolute atomic E-state index is 13.2. The van der Waals surface area contributed by atoms with Crippen LogP contribution in [0.15, 0.2) is 83.1 Å². The molecule has 1 atom stereocenters. The molecule has 0 N–H and O–H groups in total. The number of hydrogen-bond acceptors (Lipinski definition) is 5. The Kier molecular flexibility index (Phi) is 8.82. The predicted molar refractivity (Wildman–Crippen MR) is 135 cm³/mol. The van der Waals surface area contributed by atoms with E-state index in [1.165, 1.54) is 6.07 Å². The van der Waals surface area contributed by atoms with Crippen molar-refractivity contribution in [3.63, 3.8) is 0 Å². The summed E-state index contributed by atoms with van der Waals surface area (Å²) in [6.45, 7) is 17.9. The number of benzene rings is 1. The normalized spacial score (nSPS) is 12.9. The second-order valence-corrected chi connectivity index (χ2v) is 14.0. The third-order valence-corrected chi connectivity index (χ3v) is 10.1. The van der Waals surface area contributed by atoms with Gasteiger partial charge in [-0.05, 0) is 36.7 Å². The van der Waals surface area contributed by atoms with Crippen LogP contribution in [0.5, 0.6) is 5.75 Å². The van der Waals surface area contributed by atoms with Gasteiger partial charge in [-0.2, -0.15) is 0 Å². The predicted octanol–water partition coefficient (Wildman–Crippen LogP) is 6.78. The zero-order chi connectivity index (χ0) is 24.6. The van der Waals surface area contributed by atoms with Gasteiger partial charge in [-0.1, -0.05) is 69.9 Å². The van der Waals surface area contributed by atoms with Crippen molar-refractivity contribution in [2.75, 3.05) is 0 Å². The van der Waals surface area contributed by atoms with Crippen LogP contribution < -0.4 is 9.85 Å². The summed E-state index contributed by atoms with van der Waals surface area (Å²) in [6, 6.07) is 10.0. The van der Waals surface area contributed by atoms with E-state index in [9.17, 15) is 9.59 Å². The maximum atomic E-state index is 13.2. The van der Waals surface area contributed by atoms with Crippen LogP contribution >= 0.6 is 0 Å². The molecule has 6 heteroatoms. The molecule has 0 amide bonds. The second-order valence-electron chi connectivity index (χ2n) is 9.32. The van der Waals surface area contributed by atoms with E-state index in [1.54, 1.807) is 36.4 Å². The molecule has 2 aromatic rings. The minimum atomic E-state index is -2.32. The van der Waals surface area contributed by atoms with Gasteiger partial charge in [0.1, 0.15) is 12.4 Å². The molecule has 33 heavy (non-hydrogen) atoms. The van der Waals surface area contributed by atoms with E-state index in [0.29, 0.717) is 17.7 Å². The van der Waals surface area contributed by atoms with Crippen LogP contribution in [0.1, 0.15) is 55.0 Å². The molecule has 0 bridgehead atoms. The Bertz CT molecular complexity index is 1060. The van der Waals surface area contributed by atoms with Gasteiger partial charge in [0.05, 0.1) is 5.56 Å². The molecule has 0 aliphatic carbocycles. The van der Waals surface area contributed by atoms with E-state index in [2.05, 4.69) is 47.0 Å². The van der Waals surface area contributed by atoms with E-state index in [0.717, 1.165) is 0 Å². The van der Waals surface area contributed by atoms with Crippen molar-refractivity contribution in [3.8, 4) is 5.75 Å². The van der Waals surface area contributed by atoms with Crippen molar-refractivity contribution in [3.05, 3.63) is 101 Å². The van der Waals surface area contributed by atoms with Gasteiger partial charge >= 0.3 is 5.97 Å². The van der Waals surface area contributed by atoms with Crippen molar-refractivity contribution >= 4 is 14.3 Å². The first-order valence-corrected chi connectivity index (χ1v) is 13.9. The topological polar surface area (TPSA) is 65.7 Å². The van der Waals surface area contributed by atoms with Gasteiger partial charge < -0.3 is 13.6 Å². The molecule has 0 radical (unpaired) electrons. The van der Waals surface area contributed by atoms with E-state index >= 15 is 0 Å². The first-order valence-electron chi connectivity index (χ1n) is 11.0. The summed E-state index contributed by atoms with van der Waals surface area (Å²) in [4.78, 5) is 25.5. The first-order chi connectivity index (χ1) is 15.5. The highest BCUT2D eigenvalue weighted by Gasteiger charge is 2.40. The maximum Gasteiger partial charge on any atom is 0.338 e. The lowest BCUT2D eigenvalue weighted by Gasteiger charge is -2.36. The molecule has 1 aromatic carbocycles. The highest BCUT2D eigenvalue weighted by Crippen LogP contribution is 2.39. The Morgan fingerprint density at radius 2 is 1.85 bits per heavy atom. The van der Waals surface area contributed by atoms with Gasteiger partial charge in [0.2, 0.25) is 5.43 Å². The van der Waals surface area contributed by atoms with Gasteiger partial charge in [0, 0.05) is 12.0 Å². The number of allylic oxidation sites excluding steroid dienone is 4. The highest BCUT2D eigenvalue weighted by molar-refractivity contribution is 6.74. The second kappa shape index (κ2) is 11.1. The molecule has 2 rings (SSSR count). The van der Waals surface area contributed by atoms with E-state index in [-0.39, 0.29) is 34.5 Å². The van der Waals surface area contributed by atoms with Gasteiger partial charge in [-0.15, -0.1) is 6.58 Å². The smallest absolute Gasteiger partial charge is 0.338 e. The molecular formula is C27H34O5Si. The molecule has 0 fully saturated rings. The monoisotopic (exact) mass is 466 g/mol. The summed E-state index contributed by atoms with van der Waals surface area (Å²) in [5.41, 5.74) is 0.128. The van der Waals surface area contributed by atoms with Gasteiger partial charge in [-0.25, -0.2) is 4.79 Å². The number of rotatable bonds is 10. The Hall–Kier alpha value is -3.12. The lowest BCUT2D eigenvalue weighted by atomic mass is 10.0. The third-order valence-electron chi connectivity index (χ3n) is 5.78. The standard InChI is InChI=1S/C27H34O5Si/c1-8-10-12-15-20(9-2)24-25(32-33(6,7)27(3,4)5)23(28)18-22(31-24)19-30-26(29)21-16-13-11-14-17-21/h8-14,16-18,20H,1-2,15,19H2,3-7H3/b12-10-. The number of hydrogen-bond donors (Lipinski definition) is 0. The summed E-state index contributed by atoms with van der Waals surface area (Å²) in [7, 11) is -2.32. The van der Waals surface area contributed by atoms with Crippen molar-refractivity contribution in [2.45, 2.75) is 57.8 Å². The van der Waals surface area contributed by atoms with Crippen molar-refractivity contribution < 1.29 is 18.4 Å². The van der Waals surface area contributed by atoms with Crippen LogP contribution in [0.2, 0.25) is 18.1 Å². The average molecular weight is 467 g/mol. The summed E-state index contributed by atoms with van der Waals surface area (Å²) < 4.78 is 17.9. The number of carbonyl (C=O) groups excluding carboxylic acids is 1. The molecule has 1 unspecified atom stereocenters. The van der Waals surface area contributed by atoms with Gasteiger partial charge in [-0.3, -0.25) is 4.79 Å². The Morgan fingerprint density at radius 1 is 1.18 bits per heavy atom. The zero-order valence-corrected chi connectivity index (χ0v) is 21.2. The van der Waals surface area contributed by atoms with Crippen LogP contribution in [0.3, 0.4) is 0 Å². The fourth-order valence-electron chi connectivity index (χ4n) is 2.80. The molecule has 1 aromatic heterocycles. The molecule has 5 nitrogen and oxygen atoms in total. The fraction of sp³-hybridized carbons (Fsp3) is 0.333.